The first kappa shape index (κ1) is 29.5. The van der Waals surface area contributed by atoms with Gasteiger partial charge >= 0.3 is 5.97 Å². The molecule has 2 fully saturated rings. The molecular weight excluding hydrogens is 432 g/mol. The van der Waals surface area contributed by atoms with Gasteiger partial charge in [-0.15, -0.1) is 0 Å². The van der Waals surface area contributed by atoms with E-state index in [0.717, 1.165) is 32.2 Å². The zero-order valence-electron chi connectivity index (χ0n) is 23.2. The van der Waals surface area contributed by atoms with E-state index in [1.165, 1.54) is 6.42 Å². The van der Waals surface area contributed by atoms with Crippen LogP contribution in [0.15, 0.2) is 0 Å². The molecule has 34 heavy (non-hydrogen) atoms. The van der Waals surface area contributed by atoms with Gasteiger partial charge in [0, 0.05) is 24.0 Å². The number of nitrogens with one attached hydrogen (secondary N) is 1. The molecule has 0 spiro atoms. The summed E-state index contributed by atoms with van der Waals surface area (Å²) < 4.78 is 18.3. The van der Waals surface area contributed by atoms with Gasteiger partial charge in [0.05, 0.1) is 12.0 Å². The summed E-state index contributed by atoms with van der Waals surface area (Å²) in [5.74, 6) is 0.826. The molecule has 2 aliphatic heterocycles. The maximum Gasteiger partial charge on any atom is 0.310 e. The molecule has 9 atom stereocenters. The summed E-state index contributed by atoms with van der Waals surface area (Å²) in [5.41, 5.74) is -0.474. The summed E-state index contributed by atoms with van der Waals surface area (Å²) in [5, 5.41) is 14.0. The number of rotatable bonds is 3. The summed E-state index contributed by atoms with van der Waals surface area (Å²) >= 11 is 0. The van der Waals surface area contributed by atoms with Gasteiger partial charge in [0.15, 0.2) is 6.29 Å². The van der Waals surface area contributed by atoms with E-state index in [1.807, 2.05) is 20.9 Å². The molecule has 0 amide bonds. The van der Waals surface area contributed by atoms with E-state index < -0.39 is 24.1 Å². The van der Waals surface area contributed by atoms with Crippen LogP contribution in [0.3, 0.4) is 0 Å². The second kappa shape index (κ2) is 13.0. The molecule has 7 nitrogen and oxygen atoms in total. The van der Waals surface area contributed by atoms with Crippen molar-refractivity contribution in [3.8, 4) is 0 Å². The van der Waals surface area contributed by atoms with Crippen LogP contribution in [0.5, 0.6) is 0 Å². The second-order valence-electron chi connectivity index (χ2n) is 12.1. The summed E-state index contributed by atoms with van der Waals surface area (Å²) in [6, 6.07) is 0.142. The number of hydrogen-bond donors (Lipinski definition) is 2. The maximum atomic E-state index is 13.1. The van der Waals surface area contributed by atoms with Crippen molar-refractivity contribution >= 4 is 5.97 Å². The fourth-order valence-electron chi connectivity index (χ4n) is 5.62. The lowest BCUT2D eigenvalue weighted by Crippen LogP contribution is -2.56. The lowest BCUT2D eigenvalue weighted by Gasteiger charge is -2.43. The molecule has 2 N–H and O–H groups in total. The van der Waals surface area contributed by atoms with Crippen molar-refractivity contribution in [2.45, 2.75) is 124 Å². The van der Waals surface area contributed by atoms with E-state index in [2.05, 4.69) is 51.9 Å². The Morgan fingerprint density at radius 3 is 2.41 bits per heavy atom. The molecule has 0 aromatic heterocycles. The van der Waals surface area contributed by atoms with Crippen molar-refractivity contribution in [2.75, 3.05) is 20.6 Å². The highest BCUT2D eigenvalue weighted by Gasteiger charge is 2.43. The predicted octanol–water partition coefficient (Wildman–Crippen LogP) is 4.18. The first-order valence-electron chi connectivity index (χ1n) is 13.4. The van der Waals surface area contributed by atoms with Gasteiger partial charge in [-0.25, -0.2) is 0 Å². The average Bonchev–Trinajstić information content (AvgIpc) is 2.73. The molecule has 0 aromatic rings. The summed E-state index contributed by atoms with van der Waals surface area (Å²) in [7, 11) is 4.01. The van der Waals surface area contributed by atoms with Crippen LogP contribution in [0, 0.1) is 23.2 Å². The van der Waals surface area contributed by atoms with Crippen LogP contribution in [-0.4, -0.2) is 73.5 Å². The number of hydrogen-bond acceptors (Lipinski definition) is 7. The predicted molar refractivity (Wildman–Crippen MR) is 135 cm³/mol. The molecule has 2 rings (SSSR count). The van der Waals surface area contributed by atoms with Gasteiger partial charge in [0.2, 0.25) is 6.29 Å². The van der Waals surface area contributed by atoms with Crippen molar-refractivity contribution in [2.24, 2.45) is 23.2 Å². The third kappa shape index (κ3) is 8.44. The average molecular weight is 485 g/mol. The fourth-order valence-corrected chi connectivity index (χ4v) is 5.62. The molecular formula is C27H52N2O5. The van der Waals surface area contributed by atoms with E-state index in [-0.39, 0.29) is 30.1 Å². The normalized spacial score (nSPS) is 41.8. The van der Waals surface area contributed by atoms with E-state index >= 15 is 0 Å². The Morgan fingerprint density at radius 1 is 1.09 bits per heavy atom. The number of aliphatic hydroxyl groups excluding tert-OH is 1. The summed E-state index contributed by atoms with van der Waals surface area (Å²) in [6.07, 6.45) is 3.04. The number of aliphatic hydroxyl groups is 1. The van der Waals surface area contributed by atoms with Gasteiger partial charge in [-0.3, -0.25) is 4.79 Å². The highest BCUT2D eigenvalue weighted by atomic mass is 16.8. The number of carbonyl (C=O) groups is 1. The van der Waals surface area contributed by atoms with Gasteiger partial charge < -0.3 is 29.5 Å². The van der Waals surface area contributed by atoms with E-state index in [0.29, 0.717) is 18.3 Å². The minimum atomic E-state index is -0.857. The Bertz CT molecular complexity index is 630. The number of esters is 1. The van der Waals surface area contributed by atoms with Crippen LogP contribution in [-0.2, 0) is 19.0 Å². The van der Waals surface area contributed by atoms with Crippen molar-refractivity contribution in [3.05, 3.63) is 0 Å². The summed E-state index contributed by atoms with van der Waals surface area (Å²) in [4.78, 5) is 15.5. The quantitative estimate of drug-likeness (QED) is 0.582. The molecule has 0 aromatic carbocycles. The first-order chi connectivity index (χ1) is 15.8. The van der Waals surface area contributed by atoms with Gasteiger partial charge in [0.25, 0.3) is 0 Å². The Kier molecular flexibility index (Phi) is 11.3. The minimum absolute atomic E-state index is 0.0700. The topological polar surface area (TPSA) is 80.3 Å². The zero-order valence-corrected chi connectivity index (χ0v) is 23.2. The van der Waals surface area contributed by atoms with Crippen LogP contribution in [0.2, 0.25) is 0 Å². The SMILES string of the molecule is CN[C@H]1C[C@@H](C)O[C@@H](OC2OC(=O)C(C)CCCC(C)CC(C)CN(C)C(C)CC2(C)C)[C@@H]1O. The Hall–Kier alpha value is -0.730. The first-order valence-corrected chi connectivity index (χ1v) is 13.4. The van der Waals surface area contributed by atoms with Crippen LogP contribution < -0.4 is 5.32 Å². The van der Waals surface area contributed by atoms with Crippen LogP contribution in [0.4, 0.5) is 0 Å². The smallest absolute Gasteiger partial charge is 0.310 e. The largest absolute Gasteiger partial charge is 0.435 e. The standard InChI is InChI=1S/C27H52N2O5/c1-17-11-10-12-19(3)24(31)33-26(34-25-23(30)22(28-8)14-21(5)32-25)27(6,7)15-20(4)29(9)16-18(2)13-17/h17-23,25-26,28,30H,10-16H2,1-9H3/t17?,18?,19?,20?,21-,22+,23-,25+,26?/m1/s1. The van der Waals surface area contributed by atoms with Gasteiger partial charge in [0.1, 0.15) is 6.10 Å². The van der Waals surface area contributed by atoms with Crippen molar-refractivity contribution < 1.29 is 24.1 Å². The zero-order chi connectivity index (χ0) is 25.6. The molecule has 5 unspecified atom stereocenters. The van der Waals surface area contributed by atoms with Crippen LogP contribution >= 0.6 is 0 Å². The third-order valence-electron chi connectivity index (χ3n) is 7.85. The number of ether oxygens (including phenoxy) is 3. The summed E-state index contributed by atoms with van der Waals surface area (Å²) in [6.45, 7) is 16.0. The number of nitrogens with zero attached hydrogens (tertiary/aromatic N) is 1. The van der Waals surface area contributed by atoms with Crippen molar-refractivity contribution in [1.29, 1.82) is 0 Å². The minimum Gasteiger partial charge on any atom is -0.435 e. The lowest BCUT2D eigenvalue weighted by atomic mass is 9.84. The molecule has 2 aliphatic rings. The van der Waals surface area contributed by atoms with Crippen LogP contribution in [0.25, 0.3) is 0 Å². The molecule has 2 saturated heterocycles. The molecule has 200 valence electrons. The van der Waals surface area contributed by atoms with E-state index in [1.54, 1.807) is 0 Å². The van der Waals surface area contributed by atoms with Crippen LogP contribution in [0.1, 0.15) is 87.0 Å². The molecule has 0 aliphatic carbocycles. The van der Waals surface area contributed by atoms with E-state index in [4.69, 9.17) is 14.2 Å². The number of likely N-dealkylation sites (N-methyl/N-ethyl adjacent to an activating group) is 1. The van der Waals surface area contributed by atoms with Crippen molar-refractivity contribution in [3.63, 3.8) is 0 Å². The number of cyclic esters (lactones) is 1. The molecule has 0 saturated carbocycles. The van der Waals surface area contributed by atoms with Gasteiger partial charge in [-0.05, 0) is 65.5 Å². The highest BCUT2D eigenvalue weighted by molar-refractivity contribution is 5.72. The second-order valence-corrected chi connectivity index (χ2v) is 12.1. The molecule has 0 radical (unpaired) electrons. The van der Waals surface area contributed by atoms with E-state index in [9.17, 15) is 9.90 Å². The van der Waals surface area contributed by atoms with Crippen molar-refractivity contribution in [1.82, 2.24) is 10.2 Å². The Morgan fingerprint density at radius 2 is 1.76 bits per heavy atom. The highest BCUT2D eigenvalue weighted by Crippen LogP contribution is 2.35. The molecule has 7 heteroatoms. The van der Waals surface area contributed by atoms with Gasteiger partial charge in [-0.2, -0.15) is 0 Å². The Labute approximate surface area is 208 Å². The number of carbonyl (C=O) groups excluding carboxylic acids is 1. The molecule has 0 bridgehead atoms. The lowest BCUT2D eigenvalue weighted by molar-refractivity contribution is -0.317. The maximum absolute atomic E-state index is 13.1. The third-order valence-corrected chi connectivity index (χ3v) is 7.85. The monoisotopic (exact) mass is 484 g/mol. The van der Waals surface area contributed by atoms with Gasteiger partial charge in [-0.1, -0.05) is 47.5 Å². The molecule has 2 heterocycles. The Balaban J connectivity index is 2.27. The fraction of sp³-hybridized carbons (Fsp3) is 0.963.